The number of nitrogens with one attached hydrogen (secondary N) is 2. The van der Waals surface area contributed by atoms with Crippen molar-refractivity contribution in [1.29, 1.82) is 0 Å². The number of ether oxygens (including phenoxy) is 1. The number of benzene rings is 1. The minimum atomic E-state index is -3.22. The first-order valence-electron chi connectivity index (χ1n) is 9.02. The van der Waals surface area contributed by atoms with Crippen LogP contribution in [0.5, 0.6) is 0 Å². The number of rotatable bonds is 10. The molecule has 9 nitrogen and oxygen atoms in total. The van der Waals surface area contributed by atoms with Crippen LogP contribution in [0.4, 0.5) is 16.2 Å². The molecular weight excluding hydrogens is 420 g/mol. The SMILES string of the molecule is CCN(CCNS(C)(=O)=O)c1ccc(NC(=O)OCCc2ncc(Cl)o2)c(C)c1. The Labute approximate surface area is 175 Å². The quantitative estimate of drug-likeness (QED) is 0.579. The Bertz CT molecular complexity index is 932. The van der Waals surface area contributed by atoms with E-state index >= 15 is 0 Å². The van der Waals surface area contributed by atoms with Gasteiger partial charge in [0.2, 0.25) is 15.2 Å². The summed E-state index contributed by atoms with van der Waals surface area (Å²) in [6.07, 6.45) is 2.26. The summed E-state index contributed by atoms with van der Waals surface area (Å²) < 4.78 is 35.1. The molecule has 0 unspecified atom stereocenters. The van der Waals surface area contributed by atoms with Crippen molar-refractivity contribution in [1.82, 2.24) is 9.71 Å². The summed E-state index contributed by atoms with van der Waals surface area (Å²) >= 11 is 5.64. The number of sulfonamides is 1. The first-order chi connectivity index (χ1) is 13.7. The van der Waals surface area contributed by atoms with Crippen LogP contribution in [-0.4, -0.2) is 52.0 Å². The van der Waals surface area contributed by atoms with Crippen LogP contribution in [-0.2, 0) is 21.2 Å². The first kappa shape index (κ1) is 23.0. The molecule has 2 aromatic rings. The van der Waals surface area contributed by atoms with Gasteiger partial charge in [-0.1, -0.05) is 0 Å². The molecule has 1 aromatic carbocycles. The largest absolute Gasteiger partial charge is 0.449 e. The van der Waals surface area contributed by atoms with Gasteiger partial charge in [-0.15, -0.1) is 0 Å². The molecule has 0 aliphatic rings. The van der Waals surface area contributed by atoms with Gasteiger partial charge in [-0.25, -0.2) is 22.9 Å². The molecule has 2 N–H and O–H groups in total. The number of hydrogen-bond donors (Lipinski definition) is 2. The number of amides is 1. The second-order valence-electron chi connectivity index (χ2n) is 6.31. The van der Waals surface area contributed by atoms with E-state index in [1.165, 1.54) is 6.20 Å². The van der Waals surface area contributed by atoms with E-state index in [4.69, 9.17) is 20.8 Å². The minimum absolute atomic E-state index is 0.108. The highest BCUT2D eigenvalue weighted by Crippen LogP contribution is 2.23. The lowest BCUT2D eigenvalue weighted by molar-refractivity contribution is 0.160. The zero-order valence-corrected chi connectivity index (χ0v) is 18.1. The van der Waals surface area contributed by atoms with Gasteiger partial charge in [0.05, 0.1) is 18.9 Å². The summed E-state index contributed by atoms with van der Waals surface area (Å²) in [5.41, 5.74) is 2.41. The molecule has 0 atom stereocenters. The summed E-state index contributed by atoms with van der Waals surface area (Å²) in [6, 6.07) is 5.57. The number of carbonyl (C=O) groups excluding carboxylic acids is 1. The zero-order chi connectivity index (χ0) is 21.4. The maximum Gasteiger partial charge on any atom is 0.411 e. The summed E-state index contributed by atoms with van der Waals surface area (Å²) in [5, 5.41) is 2.89. The van der Waals surface area contributed by atoms with Crippen LogP contribution in [0.25, 0.3) is 0 Å². The number of likely N-dealkylation sites (N-methyl/N-ethyl adjacent to an activating group) is 1. The molecule has 0 radical (unpaired) electrons. The number of aromatic nitrogens is 1. The molecule has 0 saturated heterocycles. The Morgan fingerprint density at radius 3 is 2.72 bits per heavy atom. The van der Waals surface area contributed by atoms with Crippen LogP contribution < -0.4 is 14.9 Å². The second-order valence-corrected chi connectivity index (χ2v) is 8.52. The van der Waals surface area contributed by atoms with Crippen molar-refractivity contribution in [2.45, 2.75) is 20.3 Å². The number of carbonyl (C=O) groups is 1. The fraction of sp³-hybridized carbons (Fsp3) is 0.444. The van der Waals surface area contributed by atoms with Crippen molar-refractivity contribution in [3.63, 3.8) is 0 Å². The summed E-state index contributed by atoms with van der Waals surface area (Å²) in [4.78, 5) is 17.9. The molecule has 0 bridgehead atoms. The third-order valence-corrected chi connectivity index (χ3v) is 4.92. The number of oxazole rings is 1. The van der Waals surface area contributed by atoms with E-state index < -0.39 is 16.1 Å². The van der Waals surface area contributed by atoms with Gasteiger partial charge in [0.15, 0.2) is 5.89 Å². The molecule has 2 rings (SSSR count). The molecule has 1 aromatic heterocycles. The number of anilines is 2. The van der Waals surface area contributed by atoms with E-state index in [9.17, 15) is 13.2 Å². The Hall–Kier alpha value is -2.30. The average molecular weight is 445 g/mol. The summed E-state index contributed by atoms with van der Waals surface area (Å²) in [6.45, 7) is 5.52. The lowest BCUT2D eigenvalue weighted by atomic mass is 10.1. The number of aryl methyl sites for hydroxylation is 1. The zero-order valence-electron chi connectivity index (χ0n) is 16.6. The van der Waals surface area contributed by atoms with E-state index in [-0.39, 0.29) is 11.8 Å². The van der Waals surface area contributed by atoms with Gasteiger partial charge in [0.1, 0.15) is 6.61 Å². The average Bonchev–Trinajstić information content (AvgIpc) is 3.05. The molecular formula is C18H25ClN4O5S. The number of nitrogens with zero attached hydrogens (tertiary/aromatic N) is 2. The van der Waals surface area contributed by atoms with Gasteiger partial charge in [-0.2, -0.15) is 0 Å². The smallest absolute Gasteiger partial charge is 0.411 e. The van der Waals surface area contributed by atoms with Crippen LogP contribution in [0, 0.1) is 6.92 Å². The molecule has 0 aliphatic heterocycles. The van der Waals surface area contributed by atoms with Gasteiger partial charge in [-0.3, -0.25) is 5.32 Å². The van der Waals surface area contributed by atoms with Crippen molar-refractivity contribution < 1.29 is 22.4 Å². The molecule has 0 saturated carbocycles. The van der Waals surface area contributed by atoms with Crippen LogP contribution >= 0.6 is 11.6 Å². The van der Waals surface area contributed by atoms with Gasteiger partial charge in [0, 0.05) is 31.0 Å². The van der Waals surface area contributed by atoms with Gasteiger partial charge in [-0.05, 0) is 49.2 Å². The monoisotopic (exact) mass is 444 g/mol. The fourth-order valence-corrected chi connectivity index (χ4v) is 3.20. The normalized spacial score (nSPS) is 11.3. The highest BCUT2D eigenvalue weighted by molar-refractivity contribution is 7.88. The van der Waals surface area contributed by atoms with E-state index in [0.29, 0.717) is 37.6 Å². The lowest BCUT2D eigenvalue weighted by Gasteiger charge is -2.24. The van der Waals surface area contributed by atoms with Gasteiger partial charge in [0.25, 0.3) is 0 Å². The maximum atomic E-state index is 12.0. The lowest BCUT2D eigenvalue weighted by Crippen LogP contribution is -2.34. The summed E-state index contributed by atoms with van der Waals surface area (Å²) in [5.74, 6) is 0.397. The molecule has 29 heavy (non-hydrogen) atoms. The van der Waals surface area contributed by atoms with Crippen molar-refractivity contribution in [2.24, 2.45) is 0 Å². The number of hydrogen-bond acceptors (Lipinski definition) is 7. The topological polar surface area (TPSA) is 114 Å². The van der Waals surface area contributed by atoms with Crippen LogP contribution in [0.1, 0.15) is 18.4 Å². The third kappa shape index (κ3) is 7.92. The maximum absolute atomic E-state index is 12.0. The number of halogens is 1. The fourth-order valence-electron chi connectivity index (χ4n) is 2.60. The summed E-state index contributed by atoms with van der Waals surface area (Å²) in [7, 11) is -3.22. The van der Waals surface area contributed by atoms with Crippen molar-refractivity contribution >= 4 is 39.1 Å². The Morgan fingerprint density at radius 1 is 1.38 bits per heavy atom. The molecule has 1 heterocycles. The van der Waals surface area contributed by atoms with Crippen molar-refractivity contribution in [3.8, 4) is 0 Å². The molecule has 11 heteroatoms. The molecule has 0 fully saturated rings. The minimum Gasteiger partial charge on any atom is -0.449 e. The van der Waals surface area contributed by atoms with Gasteiger partial charge >= 0.3 is 6.09 Å². The van der Waals surface area contributed by atoms with Crippen molar-refractivity contribution in [3.05, 3.63) is 41.1 Å². The van der Waals surface area contributed by atoms with Gasteiger partial charge < -0.3 is 14.1 Å². The van der Waals surface area contributed by atoms with Crippen LogP contribution in [0.2, 0.25) is 5.22 Å². The van der Waals surface area contributed by atoms with Crippen LogP contribution in [0.3, 0.4) is 0 Å². The standard InChI is InChI=1S/C18H25ClN4O5S/c1-4-23(9-8-21-29(3,25)26)14-5-6-15(13(2)11-14)22-18(24)27-10-7-17-20-12-16(19)28-17/h5-6,11-12,21H,4,7-10H2,1-3H3,(H,22,24). The van der Waals surface area contributed by atoms with E-state index in [2.05, 4.69) is 15.0 Å². The first-order valence-corrected chi connectivity index (χ1v) is 11.3. The van der Waals surface area contributed by atoms with E-state index in [1.807, 2.05) is 30.9 Å². The van der Waals surface area contributed by atoms with E-state index in [1.54, 1.807) is 6.07 Å². The van der Waals surface area contributed by atoms with E-state index in [0.717, 1.165) is 17.5 Å². The molecule has 0 aliphatic carbocycles. The third-order valence-electron chi connectivity index (χ3n) is 4.01. The molecule has 0 spiro atoms. The second kappa shape index (κ2) is 10.5. The predicted octanol–water partition coefficient (Wildman–Crippen LogP) is 2.80. The van der Waals surface area contributed by atoms with Crippen molar-refractivity contribution in [2.75, 3.05) is 42.7 Å². The van der Waals surface area contributed by atoms with Crippen LogP contribution in [0.15, 0.2) is 28.8 Å². The Kier molecular flexibility index (Phi) is 8.30. The highest BCUT2D eigenvalue weighted by atomic mass is 35.5. The Morgan fingerprint density at radius 2 is 2.14 bits per heavy atom. The predicted molar refractivity (Wildman–Crippen MR) is 112 cm³/mol. The molecule has 160 valence electrons. The Balaban J connectivity index is 1.87. The molecule has 1 amide bonds. The highest BCUT2D eigenvalue weighted by Gasteiger charge is 2.11.